The smallest absolute Gasteiger partial charge is 0.147 e. The Morgan fingerprint density at radius 2 is 1.74 bits per heavy atom. The summed E-state index contributed by atoms with van der Waals surface area (Å²) in [7, 11) is 0. The number of nitrogens with zero attached hydrogens (tertiary/aromatic N) is 3. The fourth-order valence-electron chi connectivity index (χ4n) is 2.88. The highest BCUT2D eigenvalue weighted by atomic mass is 79.9. The molecule has 4 rings (SSSR count). The summed E-state index contributed by atoms with van der Waals surface area (Å²) in [6.45, 7) is 4.06. The molecule has 3 aromatic heterocycles. The molecule has 0 radical (unpaired) electrons. The molecule has 0 saturated carbocycles. The minimum atomic E-state index is -0.257. The second kappa shape index (κ2) is 5.13. The average Bonchev–Trinajstić information content (AvgIpc) is 2.85. The van der Waals surface area contributed by atoms with Crippen molar-refractivity contribution in [3.8, 4) is 11.3 Å². The number of fused-ring (bicyclic) bond motifs is 3. The van der Waals surface area contributed by atoms with Gasteiger partial charge in [0.2, 0.25) is 0 Å². The zero-order valence-corrected chi connectivity index (χ0v) is 14.2. The SMILES string of the molecule is Cc1cc(C)c2ccc3nc(-c4ccc(F)cc4)c(Br)n3c2n1. The van der Waals surface area contributed by atoms with Crippen LogP contribution in [-0.4, -0.2) is 14.4 Å². The third-order valence-corrected chi connectivity index (χ3v) is 4.68. The molecule has 0 saturated heterocycles. The largest absolute Gasteiger partial charge is 0.270 e. The lowest BCUT2D eigenvalue weighted by Crippen LogP contribution is -1.95. The van der Waals surface area contributed by atoms with Crippen molar-refractivity contribution in [3.63, 3.8) is 0 Å². The Morgan fingerprint density at radius 3 is 2.48 bits per heavy atom. The van der Waals surface area contributed by atoms with Crippen LogP contribution in [0.3, 0.4) is 0 Å². The summed E-state index contributed by atoms with van der Waals surface area (Å²) >= 11 is 3.64. The predicted molar refractivity (Wildman–Crippen MR) is 93.1 cm³/mol. The summed E-state index contributed by atoms with van der Waals surface area (Å²) in [6.07, 6.45) is 0. The molecule has 0 aliphatic heterocycles. The van der Waals surface area contributed by atoms with Crippen LogP contribution in [0.25, 0.3) is 27.9 Å². The summed E-state index contributed by atoms with van der Waals surface area (Å²) in [5.41, 5.74) is 5.46. The lowest BCUT2D eigenvalue weighted by atomic mass is 10.1. The van der Waals surface area contributed by atoms with E-state index in [1.165, 1.54) is 17.7 Å². The molecule has 0 fully saturated rings. The van der Waals surface area contributed by atoms with E-state index >= 15 is 0 Å². The average molecular weight is 370 g/mol. The highest BCUT2D eigenvalue weighted by Gasteiger charge is 2.15. The number of aryl methyl sites for hydroxylation is 2. The van der Waals surface area contributed by atoms with Gasteiger partial charge in [-0.3, -0.25) is 4.40 Å². The van der Waals surface area contributed by atoms with Gasteiger partial charge in [0.15, 0.2) is 0 Å². The lowest BCUT2D eigenvalue weighted by Gasteiger charge is -2.06. The molecule has 0 unspecified atom stereocenters. The molecular weight excluding hydrogens is 357 g/mol. The maximum atomic E-state index is 13.2. The van der Waals surface area contributed by atoms with Crippen molar-refractivity contribution in [2.45, 2.75) is 13.8 Å². The van der Waals surface area contributed by atoms with E-state index in [4.69, 9.17) is 0 Å². The zero-order valence-electron chi connectivity index (χ0n) is 12.6. The molecule has 0 aliphatic rings. The molecular formula is C18H13BrFN3. The minimum Gasteiger partial charge on any atom is -0.270 e. The van der Waals surface area contributed by atoms with Crippen molar-refractivity contribution in [1.29, 1.82) is 0 Å². The predicted octanol–water partition coefficient (Wildman–Crippen LogP) is 5.07. The van der Waals surface area contributed by atoms with E-state index in [2.05, 4.69) is 38.9 Å². The molecule has 0 amide bonds. The maximum Gasteiger partial charge on any atom is 0.147 e. The number of rotatable bonds is 1. The van der Waals surface area contributed by atoms with Crippen molar-refractivity contribution >= 4 is 32.6 Å². The molecule has 23 heavy (non-hydrogen) atoms. The first-order valence-electron chi connectivity index (χ1n) is 7.25. The van der Waals surface area contributed by atoms with Crippen LogP contribution in [0.2, 0.25) is 0 Å². The van der Waals surface area contributed by atoms with Crippen LogP contribution in [-0.2, 0) is 0 Å². The molecule has 0 aliphatic carbocycles. The van der Waals surface area contributed by atoms with Crippen molar-refractivity contribution in [1.82, 2.24) is 14.4 Å². The standard InChI is InChI=1S/C18H13BrFN3/c1-10-9-11(2)21-18-14(10)7-8-15-22-16(17(19)23(15)18)12-3-5-13(20)6-4-12/h3-9H,1-2H3. The number of aromatic nitrogens is 3. The summed E-state index contributed by atoms with van der Waals surface area (Å²) < 4.78 is 16.0. The summed E-state index contributed by atoms with van der Waals surface area (Å²) in [6, 6.07) is 12.4. The Hall–Kier alpha value is -2.27. The molecule has 0 bridgehead atoms. The van der Waals surface area contributed by atoms with Crippen LogP contribution in [0, 0.1) is 19.7 Å². The van der Waals surface area contributed by atoms with Gasteiger partial charge < -0.3 is 0 Å². The summed E-state index contributed by atoms with van der Waals surface area (Å²) in [5, 5.41) is 1.09. The molecule has 5 heteroatoms. The first-order valence-corrected chi connectivity index (χ1v) is 8.05. The van der Waals surface area contributed by atoms with Gasteiger partial charge in [0.1, 0.15) is 27.4 Å². The molecule has 0 N–H and O–H groups in total. The van der Waals surface area contributed by atoms with Gasteiger partial charge in [0.25, 0.3) is 0 Å². The third-order valence-electron chi connectivity index (χ3n) is 3.95. The number of hydrogen-bond donors (Lipinski definition) is 0. The highest BCUT2D eigenvalue weighted by molar-refractivity contribution is 9.10. The first kappa shape index (κ1) is 14.3. The summed E-state index contributed by atoms with van der Waals surface area (Å²) in [5.74, 6) is -0.257. The zero-order chi connectivity index (χ0) is 16.1. The van der Waals surface area contributed by atoms with Crippen LogP contribution >= 0.6 is 15.9 Å². The third kappa shape index (κ3) is 2.23. The Bertz CT molecular complexity index is 1050. The van der Waals surface area contributed by atoms with E-state index in [-0.39, 0.29) is 5.82 Å². The minimum absolute atomic E-state index is 0.257. The van der Waals surface area contributed by atoms with Gasteiger partial charge in [-0.15, -0.1) is 0 Å². The van der Waals surface area contributed by atoms with Gasteiger partial charge in [-0.1, -0.05) is 0 Å². The van der Waals surface area contributed by atoms with E-state index in [1.807, 2.05) is 23.5 Å². The fourth-order valence-corrected chi connectivity index (χ4v) is 3.55. The number of imidazole rings is 1. The van der Waals surface area contributed by atoms with Crippen LogP contribution in [0.1, 0.15) is 11.3 Å². The Morgan fingerprint density at radius 1 is 1.00 bits per heavy atom. The molecule has 0 spiro atoms. The molecule has 4 aromatic rings. The van der Waals surface area contributed by atoms with E-state index in [9.17, 15) is 4.39 Å². The quantitative estimate of drug-likeness (QED) is 0.468. The Kier molecular flexibility index (Phi) is 3.20. The van der Waals surface area contributed by atoms with Gasteiger partial charge in [-0.05, 0) is 77.8 Å². The Balaban J connectivity index is 2.08. The molecule has 3 nitrogen and oxygen atoms in total. The second-order valence-corrected chi connectivity index (χ2v) is 6.35. The maximum absolute atomic E-state index is 13.2. The van der Waals surface area contributed by atoms with Gasteiger partial charge in [-0.2, -0.15) is 0 Å². The molecule has 0 atom stereocenters. The van der Waals surface area contributed by atoms with E-state index in [1.54, 1.807) is 12.1 Å². The van der Waals surface area contributed by atoms with Crippen molar-refractivity contribution in [2.75, 3.05) is 0 Å². The number of hydrogen-bond acceptors (Lipinski definition) is 2. The topological polar surface area (TPSA) is 30.2 Å². The van der Waals surface area contributed by atoms with Crippen molar-refractivity contribution < 1.29 is 4.39 Å². The van der Waals surface area contributed by atoms with Crippen LogP contribution in [0.15, 0.2) is 47.1 Å². The number of halogens is 2. The van der Waals surface area contributed by atoms with Gasteiger partial charge in [0.05, 0.1) is 0 Å². The molecule has 1 aromatic carbocycles. The lowest BCUT2D eigenvalue weighted by molar-refractivity contribution is 0.628. The van der Waals surface area contributed by atoms with Crippen molar-refractivity contribution in [2.24, 2.45) is 0 Å². The van der Waals surface area contributed by atoms with Crippen LogP contribution in [0.4, 0.5) is 4.39 Å². The normalized spacial score (nSPS) is 11.5. The number of pyridine rings is 2. The monoisotopic (exact) mass is 369 g/mol. The van der Waals surface area contributed by atoms with Crippen molar-refractivity contribution in [3.05, 3.63) is 64.1 Å². The van der Waals surface area contributed by atoms with Gasteiger partial charge in [0, 0.05) is 16.6 Å². The molecule has 3 heterocycles. The second-order valence-electron chi connectivity index (χ2n) is 5.60. The van der Waals surface area contributed by atoms with E-state index < -0.39 is 0 Å². The Labute approximate surface area is 140 Å². The fraction of sp³-hybridized carbons (Fsp3) is 0.111. The van der Waals surface area contributed by atoms with Gasteiger partial charge in [-0.25, -0.2) is 14.4 Å². The van der Waals surface area contributed by atoms with Gasteiger partial charge >= 0.3 is 0 Å². The van der Waals surface area contributed by atoms with E-state index in [0.717, 1.165) is 38.2 Å². The van der Waals surface area contributed by atoms with Crippen LogP contribution < -0.4 is 0 Å². The molecule has 114 valence electrons. The first-order chi connectivity index (χ1) is 11.0. The summed E-state index contributed by atoms with van der Waals surface area (Å²) in [4.78, 5) is 9.35. The van der Waals surface area contributed by atoms with Crippen LogP contribution in [0.5, 0.6) is 0 Å². The van der Waals surface area contributed by atoms with E-state index in [0.29, 0.717) is 0 Å². The number of benzene rings is 1. The highest BCUT2D eigenvalue weighted by Crippen LogP contribution is 2.31.